The van der Waals surface area contributed by atoms with E-state index in [9.17, 15) is 13.2 Å². The second-order valence-corrected chi connectivity index (χ2v) is 7.35. The summed E-state index contributed by atoms with van der Waals surface area (Å²) in [6.07, 6.45) is 7.18. The van der Waals surface area contributed by atoms with Crippen molar-refractivity contribution in [3.8, 4) is 0 Å². The molecule has 128 valence electrons. The van der Waals surface area contributed by atoms with Crippen LogP contribution in [0.4, 0.5) is 0 Å². The molecule has 0 fully saturated rings. The molecule has 2 aromatic heterocycles. The van der Waals surface area contributed by atoms with Crippen LogP contribution < -0.4 is 5.32 Å². The lowest BCUT2D eigenvalue weighted by Gasteiger charge is -2.06. The van der Waals surface area contributed by atoms with Crippen LogP contribution in [0.1, 0.15) is 16.1 Å². The number of hydrogen-bond acceptors (Lipinski definition) is 5. The Morgan fingerprint density at radius 2 is 1.92 bits per heavy atom. The third-order valence-electron chi connectivity index (χ3n) is 3.37. The number of aromatic nitrogens is 3. The summed E-state index contributed by atoms with van der Waals surface area (Å²) in [7, 11) is -3.78. The Morgan fingerprint density at radius 1 is 1.16 bits per heavy atom. The van der Waals surface area contributed by atoms with Crippen LogP contribution in [0, 0.1) is 0 Å². The first-order valence-electron chi connectivity index (χ1n) is 7.19. The maximum atomic E-state index is 12.5. The fraction of sp³-hybridized carbons (Fsp3) is 0.0625. The van der Waals surface area contributed by atoms with E-state index in [4.69, 9.17) is 11.6 Å². The predicted octanol–water partition coefficient (Wildman–Crippen LogP) is 2.10. The van der Waals surface area contributed by atoms with Gasteiger partial charge in [0, 0.05) is 29.8 Å². The van der Waals surface area contributed by atoms with Crippen LogP contribution in [0.2, 0.25) is 5.02 Å². The first-order chi connectivity index (χ1) is 12.0. The zero-order valence-corrected chi connectivity index (χ0v) is 14.4. The standard InChI is InChI=1S/C16H13ClN4O3S/c17-13-1-3-15(4-2-13)25(23,24)21-8-5-12(11-21)16(22)20-10-14-9-18-6-7-19-14/h1-9,11H,10H2,(H,20,22). The van der Waals surface area contributed by atoms with Crippen LogP contribution in [-0.2, 0) is 16.6 Å². The fourth-order valence-corrected chi connectivity index (χ4v) is 3.41. The zero-order valence-electron chi connectivity index (χ0n) is 12.8. The summed E-state index contributed by atoms with van der Waals surface area (Å²) in [4.78, 5) is 20.2. The van der Waals surface area contributed by atoms with Gasteiger partial charge < -0.3 is 5.32 Å². The van der Waals surface area contributed by atoms with Crippen molar-refractivity contribution in [1.29, 1.82) is 0 Å². The van der Waals surface area contributed by atoms with Gasteiger partial charge in [-0.1, -0.05) is 11.6 Å². The van der Waals surface area contributed by atoms with Crippen molar-refractivity contribution in [2.24, 2.45) is 0 Å². The second-order valence-electron chi connectivity index (χ2n) is 5.07. The summed E-state index contributed by atoms with van der Waals surface area (Å²) in [6, 6.07) is 7.23. The van der Waals surface area contributed by atoms with E-state index in [1.54, 1.807) is 0 Å². The van der Waals surface area contributed by atoms with Crippen molar-refractivity contribution in [2.75, 3.05) is 0 Å². The van der Waals surface area contributed by atoms with Gasteiger partial charge in [0.05, 0.1) is 28.9 Å². The largest absolute Gasteiger partial charge is 0.346 e. The molecule has 0 saturated heterocycles. The normalized spacial score (nSPS) is 11.2. The molecule has 0 saturated carbocycles. The Morgan fingerprint density at radius 3 is 2.60 bits per heavy atom. The Labute approximate surface area is 149 Å². The minimum Gasteiger partial charge on any atom is -0.346 e. The molecule has 0 atom stereocenters. The second kappa shape index (κ2) is 7.04. The lowest BCUT2D eigenvalue weighted by Crippen LogP contribution is -2.23. The number of amides is 1. The third-order valence-corrected chi connectivity index (χ3v) is 5.27. The van der Waals surface area contributed by atoms with E-state index >= 15 is 0 Å². The molecule has 0 unspecified atom stereocenters. The molecular weight excluding hydrogens is 364 g/mol. The SMILES string of the molecule is O=C(NCc1cnccn1)c1ccn(S(=O)(=O)c2ccc(Cl)cc2)c1. The minimum atomic E-state index is -3.78. The van der Waals surface area contributed by atoms with Crippen molar-refractivity contribution < 1.29 is 13.2 Å². The van der Waals surface area contributed by atoms with Gasteiger partial charge in [-0.3, -0.25) is 14.8 Å². The van der Waals surface area contributed by atoms with Gasteiger partial charge in [-0.25, -0.2) is 12.4 Å². The first kappa shape index (κ1) is 17.1. The minimum absolute atomic E-state index is 0.0824. The number of halogens is 1. The number of rotatable bonds is 5. The molecule has 0 bridgehead atoms. The molecule has 0 aliphatic carbocycles. The van der Waals surface area contributed by atoms with Crippen molar-refractivity contribution in [3.05, 3.63) is 77.6 Å². The molecule has 1 aromatic carbocycles. The molecule has 0 aliphatic rings. The highest BCUT2D eigenvalue weighted by Crippen LogP contribution is 2.18. The summed E-state index contributed by atoms with van der Waals surface area (Å²) in [6.45, 7) is 0.196. The molecule has 0 spiro atoms. The number of nitrogens with zero attached hydrogens (tertiary/aromatic N) is 3. The van der Waals surface area contributed by atoms with Crippen LogP contribution in [0.5, 0.6) is 0 Å². The molecule has 25 heavy (non-hydrogen) atoms. The number of benzene rings is 1. The van der Waals surface area contributed by atoms with Gasteiger partial charge in [0.25, 0.3) is 15.9 Å². The Kier molecular flexibility index (Phi) is 4.82. The lowest BCUT2D eigenvalue weighted by molar-refractivity contribution is 0.0950. The quantitative estimate of drug-likeness (QED) is 0.735. The van der Waals surface area contributed by atoms with Crippen LogP contribution in [0.15, 0.2) is 66.2 Å². The van der Waals surface area contributed by atoms with Crippen molar-refractivity contribution in [2.45, 2.75) is 11.4 Å². The molecule has 1 N–H and O–H groups in total. The topological polar surface area (TPSA) is 93.9 Å². The van der Waals surface area contributed by atoms with E-state index in [2.05, 4.69) is 15.3 Å². The smallest absolute Gasteiger partial charge is 0.267 e. The third kappa shape index (κ3) is 3.86. The molecule has 2 heterocycles. The molecule has 3 aromatic rings. The molecule has 7 nitrogen and oxygen atoms in total. The highest BCUT2D eigenvalue weighted by Gasteiger charge is 2.18. The number of carbonyl (C=O) groups excluding carboxylic acids is 1. The summed E-state index contributed by atoms with van der Waals surface area (Å²) in [5.74, 6) is -0.407. The first-order valence-corrected chi connectivity index (χ1v) is 9.01. The fourth-order valence-electron chi connectivity index (χ4n) is 2.08. The molecule has 3 rings (SSSR count). The Bertz CT molecular complexity index is 986. The number of carbonyl (C=O) groups is 1. The highest BCUT2D eigenvalue weighted by molar-refractivity contribution is 7.90. The monoisotopic (exact) mass is 376 g/mol. The van der Waals surface area contributed by atoms with E-state index in [1.807, 2.05) is 0 Å². The molecule has 9 heteroatoms. The van der Waals surface area contributed by atoms with E-state index < -0.39 is 15.9 Å². The van der Waals surface area contributed by atoms with Crippen molar-refractivity contribution >= 4 is 27.5 Å². The lowest BCUT2D eigenvalue weighted by atomic mass is 10.3. The van der Waals surface area contributed by atoms with E-state index in [-0.39, 0.29) is 17.0 Å². The highest BCUT2D eigenvalue weighted by atomic mass is 35.5. The molecular formula is C16H13ClN4O3S. The predicted molar refractivity (Wildman–Crippen MR) is 91.7 cm³/mol. The van der Waals surface area contributed by atoms with Gasteiger partial charge in [0.2, 0.25) is 0 Å². The maximum Gasteiger partial charge on any atom is 0.267 e. The molecule has 0 radical (unpaired) electrons. The van der Waals surface area contributed by atoms with E-state index in [0.717, 1.165) is 3.97 Å². The molecule has 0 aliphatic heterocycles. The average molecular weight is 377 g/mol. The summed E-state index contributed by atoms with van der Waals surface area (Å²) >= 11 is 5.77. The van der Waals surface area contributed by atoms with Gasteiger partial charge in [-0.15, -0.1) is 0 Å². The number of nitrogens with one attached hydrogen (secondary N) is 1. The Balaban J connectivity index is 1.75. The van der Waals surface area contributed by atoms with Crippen LogP contribution in [0.3, 0.4) is 0 Å². The van der Waals surface area contributed by atoms with Crippen LogP contribution in [-0.4, -0.2) is 28.3 Å². The van der Waals surface area contributed by atoms with Crippen LogP contribution >= 0.6 is 11.6 Å². The summed E-state index contributed by atoms with van der Waals surface area (Å²) in [5.41, 5.74) is 0.825. The maximum absolute atomic E-state index is 12.5. The van der Waals surface area contributed by atoms with E-state index in [0.29, 0.717) is 10.7 Å². The van der Waals surface area contributed by atoms with Gasteiger partial charge in [0.1, 0.15) is 0 Å². The van der Waals surface area contributed by atoms with Crippen molar-refractivity contribution in [1.82, 2.24) is 19.3 Å². The van der Waals surface area contributed by atoms with Crippen molar-refractivity contribution in [3.63, 3.8) is 0 Å². The Hall–Kier alpha value is -2.71. The average Bonchev–Trinajstić information content (AvgIpc) is 3.12. The van der Waals surface area contributed by atoms with Gasteiger partial charge in [0.15, 0.2) is 0 Å². The molecule has 1 amide bonds. The summed E-state index contributed by atoms with van der Waals surface area (Å²) in [5, 5.41) is 3.10. The van der Waals surface area contributed by atoms with Gasteiger partial charge >= 0.3 is 0 Å². The number of hydrogen-bond donors (Lipinski definition) is 1. The van der Waals surface area contributed by atoms with Crippen LogP contribution in [0.25, 0.3) is 0 Å². The zero-order chi connectivity index (χ0) is 17.9. The van der Waals surface area contributed by atoms with Gasteiger partial charge in [-0.05, 0) is 30.3 Å². The summed E-state index contributed by atoms with van der Waals surface area (Å²) < 4.78 is 26.1. The van der Waals surface area contributed by atoms with Gasteiger partial charge in [-0.2, -0.15) is 0 Å². The van der Waals surface area contributed by atoms with E-state index in [1.165, 1.54) is 61.3 Å².